The van der Waals surface area contributed by atoms with Crippen LogP contribution in [0.2, 0.25) is 0 Å². The highest BCUT2D eigenvalue weighted by Crippen LogP contribution is 2.23. The summed E-state index contributed by atoms with van der Waals surface area (Å²) in [6, 6.07) is 0. The van der Waals surface area contributed by atoms with E-state index in [0.717, 1.165) is 17.9 Å². The van der Waals surface area contributed by atoms with E-state index in [1.165, 1.54) is 30.5 Å². The molecule has 0 atom stereocenters. The smallest absolute Gasteiger partial charge is 0.0642 e. The van der Waals surface area contributed by atoms with Crippen LogP contribution in [-0.4, -0.2) is 9.78 Å². The minimum absolute atomic E-state index is 1.07. The number of aryl methyl sites for hydroxylation is 1. The minimum atomic E-state index is 1.07. The summed E-state index contributed by atoms with van der Waals surface area (Å²) in [6.45, 7) is 1.07. The van der Waals surface area contributed by atoms with Crippen LogP contribution in [0.15, 0.2) is 11.1 Å². The van der Waals surface area contributed by atoms with Gasteiger partial charge in [0.15, 0.2) is 0 Å². The van der Waals surface area contributed by atoms with Crippen LogP contribution in [0, 0.1) is 0 Å². The molecular weight excluding hydrogens is 158 g/mol. The lowest BCUT2D eigenvalue weighted by Crippen LogP contribution is -2.11. The van der Waals surface area contributed by atoms with Crippen LogP contribution in [0.5, 0.6) is 0 Å². The fourth-order valence-electron chi connectivity index (χ4n) is 1.49. The van der Waals surface area contributed by atoms with Crippen LogP contribution in [0.4, 0.5) is 0 Å². The second-order valence-electron chi connectivity index (χ2n) is 2.75. The first-order chi connectivity index (χ1) is 5.42. The molecule has 3 nitrogen and oxygen atoms in total. The number of nitrogens with zero attached hydrogens (tertiary/aromatic N) is 2. The van der Waals surface area contributed by atoms with Gasteiger partial charge in [-0.2, -0.15) is 5.10 Å². The van der Waals surface area contributed by atoms with Crippen LogP contribution in [0.3, 0.4) is 0 Å². The Morgan fingerprint density at radius 1 is 1.55 bits per heavy atom. The summed E-state index contributed by atoms with van der Waals surface area (Å²) in [5, 5.41) is 9.73. The number of hydrogen-bond donors (Lipinski definition) is 1. The van der Waals surface area contributed by atoms with Crippen molar-refractivity contribution in [3.63, 3.8) is 0 Å². The fraction of sp³-hybridized carbons (Fsp3) is 0.571. The van der Waals surface area contributed by atoms with E-state index in [4.69, 9.17) is 5.14 Å². The Morgan fingerprint density at radius 3 is 3.27 bits per heavy atom. The Kier molecular flexibility index (Phi) is 1.87. The predicted octanol–water partition coefficient (Wildman–Crippen LogP) is 1.19. The Bertz CT molecular complexity index is 243. The van der Waals surface area contributed by atoms with Crippen molar-refractivity contribution in [3.05, 3.63) is 11.9 Å². The summed E-state index contributed by atoms with van der Waals surface area (Å²) >= 11 is 1.31. The molecule has 1 aliphatic rings. The lowest BCUT2D eigenvalue weighted by molar-refractivity contribution is 0.482. The number of hydrogen-bond acceptors (Lipinski definition) is 3. The quantitative estimate of drug-likeness (QED) is 0.642. The maximum absolute atomic E-state index is 5.48. The van der Waals surface area contributed by atoms with Gasteiger partial charge in [-0.05, 0) is 31.2 Å². The SMILES string of the molecule is NSc1cnn2c1CCCC2. The van der Waals surface area contributed by atoms with Crippen molar-refractivity contribution in [3.8, 4) is 0 Å². The molecule has 2 heterocycles. The second-order valence-corrected chi connectivity index (χ2v) is 3.43. The van der Waals surface area contributed by atoms with E-state index in [1.807, 2.05) is 6.20 Å². The lowest BCUT2D eigenvalue weighted by atomic mass is 10.1. The molecule has 0 saturated carbocycles. The molecule has 1 aromatic heterocycles. The van der Waals surface area contributed by atoms with Gasteiger partial charge in [0, 0.05) is 6.54 Å². The Morgan fingerprint density at radius 2 is 2.45 bits per heavy atom. The summed E-state index contributed by atoms with van der Waals surface area (Å²) in [4.78, 5) is 1.14. The molecule has 0 spiro atoms. The monoisotopic (exact) mass is 169 g/mol. The summed E-state index contributed by atoms with van der Waals surface area (Å²) in [7, 11) is 0. The molecule has 0 aliphatic carbocycles. The average molecular weight is 169 g/mol. The topological polar surface area (TPSA) is 43.8 Å². The average Bonchev–Trinajstić information content (AvgIpc) is 2.47. The zero-order chi connectivity index (χ0) is 7.68. The van der Waals surface area contributed by atoms with Crippen molar-refractivity contribution in [1.29, 1.82) is 0 Å². The number of rotatable bonds is 1. The molecule has 60 valence electrons. The summed E-state index contributed by atoms with van der Waals surface area (Å²) < 4.78 is 2.07. The third kappa shape index (κ3) is 1.16. The normalized spacial score (nSPS) is 16.5. The van der Waals surface area contributed by atoms with Gasteiger partial charge in [-0.3, -0.25) is 9.82 Å². The molecule has 11 heavy (non-hydrogen) atoms. The highest BCUT2D eigenvalue weighted by Gasteiger charge is 2.13. The van der Waals surface area contributed by atoms with Crippen LogP contribution in [0.1, 0.15) is 18.5 Å². The summed E-state index contributed by atoms with van der Waals surface area (Å²) in [5.74, 6) is 0. The fourth-order valence-corrected chi connectivity index (χ4v) is 1.94. The molecule has 2 rings (SSSR count). The van der Waals surface area contributed by atoms with Gasteiger partial charge >= 0.3 is 0 Å². The lowest BCUT2D eigenvalue weighted by Gasteiger charge is -2.13. The molecule has 1 aliphatic heterocycles. The van der Waals surface area contributed by atoms with Gasteiger partial charge in [0.2, 0.25) is 0 Å². The molecule has 2 N–H and O–H groups in total. The maximum Gasteiger partial charge on any atom is 0.0642 e. The van der Waals surface area contributed by atoms with E-state index in [2.05, 4.69) is 9.78 Å². The highest BCUT2D eigenvalue weighted by atomic mass is 32.2. The number of fused-ring (bicyclic) bond motifs is 1. The molecule has 1 aromatic rings. The highest BCUT2D eigenvalue weighted by molar-refractivity contribution is 7.97. The zero-order valence-electron chi connectivity index (χ0n) is 6.29. The zero-order valence-corrected chi connectivity index (χ0v) is 7.10. The van der Waals surface area contributed by atoms with Gasteiger partial charge in [-0.1, -0.05) is 0 Å². The Balaban J connectivity index is 2.38. The second kappa shape index (κ2) is 2.87. The van der Waals surface area contributed by atoms with Crippen molar-refractivity contribution in [2.24, 2.45) is 5.14 Å². The first-order valence-electron chi connectivity index (χ1n) is 3.83. The van der Waals surface area contributed by atoms with Crippen molar-refractivity contribution in [1.82, 2.24) is 9.78 Å². The van der Waals surface area contributed by atoms with Crippen LogP contribution in [0.25, 0.3) is 0 Å². The first kappa shape index (κ1) is 7.18. The van der Waals surface area contributed by atoms with E-state index in [1.54, 1.807) is 0 Å². The molecule has 0 unspecified atom stereocenters. The number of nitrogens with two attached hydrogens (primary N) is 1. The molecule has 0 radical (unpaired) electrons. The van der Waals surface area contributed by atoms with Gasteiger partial charge in [-0.15, -0.1) is 0 Å². The third-order valence-corrected chi connectivity index (χ3v) is 2.67. The van der Waals surface area contributed by atoms with Crippen molar-refractivity contribution < 1.29 is 0 Å². The molecule has 4 heteroatoms. The van der Waals surface area contributed by atoms with Crippen molar-refractivity contribution in [2.75, 3.05) is 0 Å². The Hall–Kier alpha value is -0.480. The molecule has 0 bridgehead atoms. The maximum atomic E-state index is 5.48. The molecule has 0 fully saturated rings. The molecular formula is C7H11N3S. The van der Waals surface area contributed by atoms with Crippen LogP contribution < -0.4 is 5.14 Å². The largest absolute Gasteiger partial charge is 0.273 e. The van der Waals surface area contributed by atoms with Gasteiger partial charge in [0.1, 0.15) is 0 Å². The van der Waals surface area contributed by atoms with Crippen LogP contribution >= 0.6 is 11.9 Å². The third-order valence-electron chi connectivity index (χ3n) is 2.07. The number of aromatic nitrogens is 2. The predicted molar refractivity (Wildman–Crippen MR) is 45.2 cm³/mol. The van der Waals surface area contributed by atoms with E-state index in [9.17, 15) is 0 Å². The summed E-state index contributed by atoms with van der Waals surface area (Å²) in [5.41, 5.74) is 1.32. The van der Waals surface area contributed by atoms with E-state index in [0.29, 0.717) is 0 Å². The van der Waals surface area contributed by atoms with Gasteiger partial charge in [-0.25, -0.2) is 0 Å². The Labute approximate surface area is 70.1 Å². The van der Waals surface area contributed by atoms with Crippen molar-refractivity contribution in [2.45, 2.75) is 30.7 Å². The standard InChI is InChI=1S/C7H11N3S/c8-11-7-5-9-10-4-2-1-3-6(7)10/h5H,1-4,8H2. The molecule has 0 aromatic carbocycles. The molecule has 0 amide bonds. The van der Waals surface area contributed by atoms with Crippen LogP contribution in [-0.2, 0) is 13.0 Å². The van der Waals surface area contributed by atoms with Gasteiger partial charge < -0.3 is 0 Å². The van der Waals surface area contributed by atoms with Crippen molar-refractivity contribution >= 4 is 11.9 Å². The minimum Gasteiger partial charge on any atom is -0.273 e. The molecule has 0 saturated heterocycles. The van der Waals surface area contributed by atoms with Gasteiger partial charge in [0.25, 0.3) is 0 Å². The van der Waals surface area contributed by atoms with Gasteiger partial charge in [0.05, 0.1) is 16.8 Å². The first-order valence-corrected chi connectivity index (χ1v) is 4.71. The van der Waals surface area contributed by atoms with E-state index in [-0.39, 0.29) is 0 Å². The summed E-state index contributed by atoms with van der Waals surface area (Å²) in [6.07, 6.45) is 5.54. The van der Waals surface area contributed by atoms with E-state index >= 15 is 0 Å². The van der Waals surface area contributed by atoms with E-state index < -0.39 is 0 Å².